The molecule has 0 aromatic heterocycles. The van der Waals surface area contributed by atoms with Gasteiger partial charge in [0.1, 0.15) is 18.5 Å². The SMILES string of the molecule is COc1cccc(CCCCOC2OC(COC(C)=O)C(OC(C)=O)C(OC(C)=O)C2OC(C)=O)c1. The Morgan fingerprint density at radius 1 is 0.833 bits per heavy atom. The molecule has 0 radical (unpaired) electrons. The van der Waals surface area contributed by atoms with E-state index in [-0.39, 0.29) is 13.2 Å². The Balaban J connectivity index is 2.13. The molecule has 200 valence electrons. The van der Waals surface area contributed by atoms with E-state index in [4.69, 9.17) is 33.2 Å². The van der Waals surface area contributed by atoms with Gasteiger partial charge in [0.2, 0.25) is 0 Å². The molecule has 0 bridgehead atoms. The summed E-state index contributed by atoms with van der Waals surface area (Å²) < 4.78 is 38.2. The lowest BCUT2D eigenvalue weighted by atomic mass is 9.98. The third kappa shape index (κ3) is 9.46. The molecule has 1 saturated heterocycles. The van der Waals surface area contributed by atoms with Gasteiger partial charge in [0.25, 0.3) is 0 Å². The highest BCUT2D eigenvalue weighted by atomic mass is 16.7. The van der Waals surface area contributed by atoms with Gasteiger partial charge in [-0.15, -0.1) is 0 Å². The second-order valence-corrected chi connectivity index (χ2v) is 8.25. The van der Waals surface area contributed by atoms with Gasteiger partial charge in [0.15, 0.2) is 24.6 Å². The minimum Gasteiger partial charge on any atom is -0.497 e. The Labute approximate surface area is 210 Å². The van der Waals surface area contributed by atoms with Crippen molar-refractivity contribution in [2.24, 2.45) is 0 Å². The molecule has 5 unspecified atom stereocenters. The lowest BCUT2D eigenvalue weighted by Gasteiger charge is -2.44. The van der Waals surface area contributed by atoms with Gasteiger partial charge in [-0.1, -0.05) is 12.1 Å². The Morgan fingerprint density at radius 2 is 1.47 bits per heavy atom. The first-order chi connectivity index (χ1) is 17.1. The highest BCUT2D eigenvalue weighted by Crippen LogP contribution is 2.30. The zero-order valence-corrected chi connectivity index (χ0v) is 21.2. The normalized spacial score (nSPS) is 23.3. The molecule has 1 heterocycles. The fourth-order valence-electron chi connectivity index (χ4n) is 3.78. The number of ether oxygens (including phenoxy) is 7. The molecule has 11 nitrogen and oxygen atoms in total. The molecule has 5 atom stereocenters. The Bertz CT molecular complexity index is 900. The van der Waals surface area contributed by atoms with E-state index in [1.54, 1.807) is 7.11 Å². The van der Waals surface area contributed by atoms with Gasteiger partial charge < -0.3 is 33.2 Å². The quantitative estimate of drug-likeness (QED) is 0.233. The largest absolute Gasteiger partial charge is 0.497 e. The van der Waals surface area contributed by atoms with Crippen LogP contribution in [0.4, 0.5) is 0 Å². The third-order valence-electron chi connectivity index (χ3n) is 5.22. The molecule has 1 aromatic carbocycles. The van der Waals surface area contributed by atoms with Crippen LogP contribution >= 0.6 is 0 Å². The molecule has 36 heavy (non-hydrogen) atoms. The number of carbonyl (C=O) groups excluding carboxylic acids is 4. The molecule has 11 heteroatoms. The molecule has 0 N–H and O–H groups in total. The molecule has 2 rings (SSSR count). The van der Waals surface area contributed by atoms with Crippen LogP contribution in [0.25, 0.3) is 0 Å². The highest BCUT2D eigenvalue weighted by Gasteiger charge is 2.52. The first kappa shape index (κ1) is 29.1. The van der Waals surface area contributed by atoms with Gasteiger partial charge >= 0.3 is 23.9 Å². The van der Waals surface area contributed by atoms with Crippen molar-refractivity contribution in [2.45, 2.75) is 77.7 Å². The fraction of sp³-hybridized carbons (Fsp3) is 0.600. The van der Waals surface area contributed by atoms with E-state index >= 15 is 0 Å². The van der Waals surface area contributed by atoms with Gasteiger partial charge in [-0.25, -0.2) is 0 Å². The van der Waals surface area contributed by atoms with Crippen molar-refractivity contribution in [3.8, 4) is 5.75 Å². The second kappa shape index (κ2) is 14.4. The fourth-order valence-corrected chi connectivity index (χ4v) is 3.78. The summed E-state index contributed by atoms with van der Waals surface area (Å²) in [6.07, 6.45) is -3.64. The van der Waals surface area contributed by atoms with Crippen LogP contribution in [0.15, 0.2) is 24.3 Å². The van der Waals surface area contributed by atoms with Crippen LogP contribution in [0, 0.1) is 0 Å². The van der Waals surface area contributed by atoms with E-state index in [1.165, 1.54) is 27.7 Å². The summed E-state index contributed by atoms with van der Waals surface area (Å²) in [6.45, 7) is 4.67. The van der Waals surface area contributed by atoms with Crippen molar-refractivity contribution in [1.29, 1.82) is 0 Å². The number of esters is 4. The smallest absolute Gasteiger partial charge is 0.303 e. The summed E-state index contributed by atoms with van der Waals surface area (Å²) in [5, 5.41) is 0. The summed E-state index contributed by atoms with van der Waals surface area (Å²) in [5.41, 5.74) is 1.11. The van der Waals surface area contributed by atoms with E-state index in [2.05, 4.69) is 0 Å². The lowest BCUT2D eigenvalue weighted by molar-refractivity contribution is -0.308. The first-order valence-electron chi connectivity index (χ1n) is 11.7. The summed E-state index contributed by atoms with van der Waals surface area (Å²) in [4.78, 5) is 46.8. The molecule has 0 saturated carbocycles. The Morgan fingerprint density at radius 3 is 2.08 bits per heavy atom. The maximum Gasteiger partial charge on any atom is 0.303 e. The monoisotopic (exact) mass is 510 g/mol. The number of hydrogen-bond donors (Lipinski definition) is 0. The van der Waals surface area contributed by atoms with Gasteiger partial charge in [-0.2, -0.15) is 0 Å². The topological polar surface area (TPSA) is 133 Å². The lowest BCUT2D eigenvalue weighted by Crippen LogP contribution is -2.63. The van der Waals surface area contributed by atoms with E-state index < -0.39 is 54.6 Å². The standard InChI is InChI=1S/C25H34O11/c1-15(26)32-14-21-22(33-16(2)27)23(34-17(3)28)24(35-18(4)29)25(36-21)31-12-7-6-9-19-10-8-11-20(13-19)30-5/h8,10-11,13,21-25H,6-7,9,12,14H2,1-5H3. The number of hydrogen-bond acceptors (Lipinski definition) is 11. The maximum absolute atomic E-state index is 11.9. The predicted octanol–water partition coefficient (Wildman–Crippen LogP) is 2.12. The van der Waals surface area contributed by atoms with Crippen LogP contribution in [-0.2, 0) is 54.0 Å². The summed E-state index contributed by atoms with van der Waals surface area (Å²) in [5.74, 6) is -1.86. The molecule has 0 amide bonds. The minimum atomic E-state index is -1.24. The first-order valence-corrected chi connectivity index (χ1v) is 11.7. The molecular formula is C25H34O11. The number of carbonyl (C=O) groups is 4. The van der Waals surface area contributed by atoms with Crippen LogP contribution in [0.1, 0.15) is 46.1 Å². The van der Waals surface area contributed by atoms with Crippen LogP contribution in [0.2, 0.25) is 0 Å². The summed E-state index contributed by atoms with van der Waals surface area (Å²) in [7, 11) is 1.61. The third-order valence-corrected chi connectivity index (χ3v) is 5.22. The van der Waals surface area contributed by atoms with Gasteiger partial charge in [0, 0.05) is 34.3 Å². The van der Waals surface area contributed by atoms with Crippen LogP contribution in [0.5, 0.6) is 5.75 Å². The van der Waals surface area contributed by atoms with Crippen molar-refractivity contribution < 1.29 is 52.3 Å². The van der Waals surface area contributed by atoms with Gasteiger partial charge in [-0.05, 0) is 37.0 Å². The predicted molar refractivity (Wildman–Crippen MR) is 124 cm³/mol. The molecule has 0 spiro atoms. The molecule has 0 aliphatic carbocycles. The summed E-state index contributed by atoms with van der Waals surface area (Å²) in [6, 6.07) is 7.75. The number of unbranched alkanes of at least 4 members (excludes halogenated alkanes) is 1. The summed E-state index contributed by atoms with van der Waals surface area (Å²) >= 11 is 0. The van der Waals surface area contributed by atoms with Crippen molar-refractivity contribution in [3.63, 3.8) is 0 Å². The molecule has 1 aromatic rings. The number of aryl methyl sites for hydroxylation is 1. The molecule has 1 aliphatic rings. The van der Waals surface area contributed by atoms with Crippen molar-refractivity contribution in [3.05, 3.63) is 29.8 Å². The Kier molecular flexibility index (Phi) is 11.6. The average Bonchev–Trinajstić information content (AvgIpc) is 2.80. The second-order valence-electron chi connectivity index (χ2n) is 8.25. The van der Waals surface area contributed by atoms with E-state index in [9.17, 15) is 19.2 Å². The van der Waals surface area contributed by atoms with Crippen molar-refractivity contribution in [2.75, 3.05) is 20.3 Å². The molecular weight excluding hydrogens is 476 g/mol. The zero-order valence-electron chi connectivity index (χ0n) is 21.2. The average molecular weight is 511 g/mol. The van der Waals surface area contributed by atoms with Gasteiger partial charge in [-0.3, -0.25) is 19.2 Å². The van der Waals surface area contributed by atoms with E-state index in [1.807, 2.05) is 24.3 Å². The van der Waals surface area contributed by atoms with Gasteiger partial charge in [0.05, 0.1) is 7.11 Å². The zero-order chi connectivity index (χ0) is 26.7. The number of benzene rings is 1. The number of methoxy groups -OCH3 is 1. The van der Waals surface area contributed by atoms with E-state index in [0.717, 1.165) is 24.2 Å². The Hall–Kier alpha value is -3.18. The van der Waals surface area contributed by atoms with Crippen LogP contribution in [0.3, 0.4) is 0 Å². The van der Waals surface area contributed by atoms with Crippen LogP contribution < -0.4 is 4.74 Å². The van der Waals surface area contributed by atoms with Crippen molar-refractivity contribution in [1.82, 2.24) is 0 Å². The highest BCUT2D eigenvalue weighted by molar-refractivity contribution is 5.68. The van der Waals surface area contributed by atoms with Crippen molar-refractivity contribution >= 4 is 23.9 Å². The number of rotatable bonds is 12. The minimum absolute atomic E-state index is 0.234. The molecule has 1 fully saturated rings. The maximum atomic E-state index is 11.9. The van der Waals surface area contributed by atoms with E-state index in [0.29, 0.717) is 6.42 Å². The molecule has 1 aliphatic heterocycles. The van der Waals surface area contributed by atoms with Crippen LogP contribution in [-0.4, -0.2) is 74.9 Å².